The van der Waals surface area contributed by atoms with Crippen molar-refractivity contribution in [2.24, 2.45) is 11.7 Å². The van der Waals surface area contributed by atoms with Crippen LogP contribution in [0.4, 0.5) is 0 Å². The Morgan fingerprint density at radius 1 is 1.00 bits per heavy atom. The smallest absolute Gasteiger partial charge is 0.239 e. The maximum atomic E-state index is 11.9. The third kappa shape index (κ3) is 11.7. The molecule has 0 heterocycles. The molecule has 10 nitrogen and oxygen atoms in total. The van der Waals surface area contributed by atoms with Crippen LogP contribution in [0.2, 0.25) is 0 Å². The van der Waals surface area contributed by atoms with Gasteiger partial charge in [-0.15, -0.1) is 0 Å². The second kappa shape index (κ2) is 13.7. The molecule has 4 amide bonds. The summed E-state index contributed by atoms with van der Waals surface area (Å²) in [4.78, 5) is 59.6. The van der Waals surface area contributed by atoms with E-state index in [0.29, 0.717) is 19.4 Å². The number of carbonyl (C=O) groups excluding carboxylic acids is 5. The number of hydrogen-bond donors (Lipinski definition) is 3. The minimum atomic E-state index is -0.308. The van der Waals surface area contributed by atoms with Crippen LogP contribution in [-0.4, -0.2) is 85.5 Å². The Morgan fingerprint density at radius 2 is 1.63 bits per heavy atom. The van der Waals surface area contributed by atoms with Crippen molar-refractivity contribution < 1.29 is 24.0 Å². The number of rotatable bonds is 13. The lowest BCUT2D eigenvalue weighted by Crippen LogP contribution is -2.43. The number of nitrogens with two attached hydrogens (primary N) is 1. The summed E-state index contributed by atoms with van der Waals surface area (Å²) in [6, 6.07) is 0. The minimum Gasteiger partial charge on any atom is -0.354 e. The van der Waals surface area contributed by atoms with Crippen molar-refractivity contribution in [3.8, 4) is 0 Å². The second-order valence-corrected chi connectivity index (χ2v) is 6.32. The fourth-order valence-corrected chi connectivity index (χ4v) is 2.28. The van der Waals surface area contributed by atoms with Gasteiger partial charge in [-0.05, 0) is 5.92 Å². The maximum absolute atomic E-state index is 11.9. The molecule has 0 radical (unpaired) electrons. The normalized spacial score (nSPS) is 11.3. The van der Waals surface area contributed by atoms with E-state index >= 15 is 0 Å². The van der Waals surface area contributed by atoms with E-state index in [0.717, 1.165) is 0 Å². The molecule has 0 aliphatic rings. The van der Waals surface area contributed by atoms with Gasteiger partial charge >= 0.3 is 0 Å². The molecular formula is C17H31N5O5. The number of nitrogens with zero attached hydrogens (tertiary/aromatic N) is 2. The van der Waals surface area contributed by atoms with E-state index in [-0.39, 0.29) is 68.7 Å². The van der Waals surface area contributed by atoms with Gasteiger partial charge < -0.3 is 31.0 Å². The van der Waals surface area contributed by atoms with Crippen molar-refractivity contribution >= 4 is 29.9 Å². The molecule has 10 heteroatoms. The van der Waals surface area contributed by atoms with E-state index in [2.05, 4.69) is 10.6 Å². The molecule has 0 aromatic rings. The van der Waals surface area contributed by atoms with Gasteiger partial charge in [-0.1, -0.05) is 6.92 Å². The largest absolute Gasteiger partial charge is 0.354 e. The van der Waals surface area contributed by atoms with Crippen LogP contribution in [0.1, 0.15) is 27.2 Å². The lowest BCUT2D eigenvalue weighted by molar-refractivity contribution is -0.134. The zero-order chi connectivity index (χ0) is 20.8. The van der Waals surface area contributed by atoms with Gasteiger partial charge in [0.25, 0.3) is 0 Å². The Morgan fingerprint density at radius 3 is 2.15 bits per heavy atom. The van der Waals surface area contributed by atoms with Crippen molar-refractivity contribution in [3.63, 3.8) is 0 Å². The first-order valence-corrected chi connectivity index (χ1v) is 8.89. The summed E-state index contributed by atoms with van der Waals surface area (Å²) in [6.45, 7) is 5.86. The quantitative estimate of drug-likeness (QED) is 0.316. The van der Waals surface area contributed by atoms with Crippen molar-refractivity contribution in [1.29, 1.82) is 0 Å². The van der Waals surface area contributed by atoms with Crippen LogP contribution in [0.25, 0.3) is 0 Å². The molecule has 0 saturated carbocycles. The topological polar surface area (TPSA) is 142 Å². The number of aldehydes is 1. The predicted molar refractivity (Wildman–Crippen MR) is 99.4 cm³/mol. The van der Waals surface area contributed by atoms with Gasteiger partial charge in [0.2, 0.25) is 23.6 Å². The Labute approximate surface area is 159 Å². The summed E-state index contributed by atoms with van der Waals surface area (Å²) in [6.07, 6.45) is 0.835. The number of carbonyl (C=O) groups is 5. The third-order valence-electron chi connectivity index (χ3n) is 3.80. The molecule has 0 aromatic heterocycles. The lowest BCUT2D eigenvalue weighted by atomic mass is 10.1. The van der Waals surface area contributed by atoms with E-state index in [9.17, 15) is 24.0 Å². The standard InChI is InChI=1S/C17H31N5O5/c1-13(11-20-17(27)12-22(6-4-18)15(3)25)10-16(26)19-5-7-21(8-9-23)14(2)24/h9,13H,4-8,10-12,18H2,1-3H3,(H,19,26)(H,20,27)/t13-/m1/s1. The van der Waals surface area contributed by atoms with Gasteiger partial charge in [0.15, 0.2) is 0 Å². The van der Waals surface area contributed by atoms with E-state index in [1.807, 2.05) is 6.92 Å². The third-order valence-corrected chi connectivity index (χ3v) is 3.80. The van der Waals surface area contributed by atoms with Crippen LogP contribution in [0.5, 0.6) is 0 Å². The Balaban J connectivity index is 4.12. The molecular weight excluding hydrogens is 354 g/mol. The van der Waals surface area contributed by atoms with E-state index in [1.54, 1.807) is 0 Å². The number of nitrogens with one attached hydrogen (secondary N) is 2. The van der Waals surface area contributed by atoms with Crippen LogP contribution < -0.4 is 16.4 Å². The average molecular weight is 385 g/mol. The molecule has 0 aliphatic heterocycles. The zero-order valence-electron chi connectivity index (χ0n) is 16.3. The van der Waals surface area contributed by atoms with E-state index < -0.39 is 0 Å². The molecule has 4 N–H and O–H groups in total. The van der Waals surface area contributed by atoms with E-state index in [1.165, 1.54) is 23.6 Å². The van der Waals surface area contributed by atoms with Gasteiger partial charge in [-0.25, -0.2) is 0 Å². The molecule has 0 rings (SSSR count). The maximum Gasteiger partial charge on any atom is 0.239 e. The van der Waals surface area contributed by atoms with Crippen molar-refractivity contribution in [2.45, 2.75) is 27.2 Å². The SMILES string of the molecule is CC(=O)N(CC=O)CCNC(=O)C[C@@H](C)CNC(=O)CN(CCN)C(C)=O. The van der Waals surface area contributed by atoms with Crippen LogP contribution in [0, 0.1) is 5.92 Å². The molecule has 0 aliphatic carbocycles. The Bertz CT molecular complexity index is 526. The minimum absolute atomic E-state index is 0.00489. The molecule has 0 unspecified atom stereocenters. The summed E-state index contributed by atoms with van der Waals surface area (Å²) < 4.78 is 0. The lowest BCUT2D eigenvalue weighted by Gasteiger charge is -2.20. The summed E-state index contributed by atoms with van der Waals surface area (Å²) in [5, 5.41) is 5.37. The summed E-state index contributed by atoms with van der Waals surface area (Å²) in [5.41, 5.74) is 5.40. The fourth-order valence-electron chi connectivity index (χ4n) is 2.28. The van der Waals surface area contributed by atoms with Crippen molar-refractivity contribution in [3.05, 3.63) is 0 Å². The highest BCUT2D eigenvalue weighted by molar-refractivity contribution is 5.83. The van der Waals surface area contributed by atoms with Crippen LogP contribution in [0.3, 0.4) is 0 Å². The first-order valence-electron chi connectivity index (χ1n) is 8.89. The first-order chi connectivity index (χ1) is 12.7. The van der Waals surface area contributed by atoms with Crippen LogP contribution >= 0.6 is 0 Å². The van der Waals surface area contributed by atoms with Gasteiger partial charge in [0.1, 0.15) is 6.29 Å². The molecule has 0 spiro atoms. The molecule has 154 valence electrons. The van der Waals surface area contributed by atoms with Crippen molar-refractivity contribution in [1.82, 2.24) is 20.4 Å². The van der Waals surface area contributed by atoms with E-state index in [4.69, 9.17) is 5.73 Å². The summed E-state index contributed by atoms with van der Waals surface area (Å²) in [5.74, 6) is -1.08. The Kier molecular flexibility index (Phi) is 12.4. The molecule has 0 fully saturated rings. The molecule has 0 bridgehead atoms. The summed E-state index contributed by atoms with van der Waals surface area (Å²) in [7, 11) is 0. The Hall–Kier alpha value is -2.49. The van der Waals surface area contributed by atoms with Gasteiger partial charge in [-0.2, -0.15) is 0 Å². The van der Waals surface area contributed by atoms with Crippen LogP contribution in [-0.2, 0) is 24.0 Å². The van der Waals surface area contributed by atoms with Crippen LogP contribution in [0.15, 0.2) is 0 Å². The number of amides is 4. The molecule has 0 aromatic carbocycles. The predicted octanol–water partition coefficient (Wildman–Crippen LogP) is -1.90. The summed E-state index contributed by atoms with van der Waals surface area (Å²) >= 11 is 0. The van der Waals surface area contributed by atoms with Crippen molar-refractivity contribution in [2.75, 3.05) is 45.8 Å². The number of hydrogen-bond acceptors (Lipinski definition) is 6. The fraction of sp³-hybridized carbons (Fsp3) is 0.706. The highest BCUT2D eigenvalue weighted by Crippen LogP contribution is 2.00. The highest BCUT2D eigenvalue weighted by Gasteiger charge is 2.15. The first kappa shape index (κ1) is 24.5. The average Bonchev–Trinajstić information content (AvgIpc) is 2.58. The second-order valence-electron chi connectivity index (χ2n) is 6.32. The highest BCUT2D eigenvalue weighted by atomic mass is 16.2. The molecule has 1 atom stereocenters. The van der Waals surface area contributed by atoms with Gasteiger partial charge in [0, 0.05) is 53.0 Å². The molecule has 0 saturated heterocycles. The monoisotopic (exact) mass is 385 g/mol. The van der Waals surface area contributed by atoms with Gasteiger partial charge in [0.05, 0.1) is 13.1 Å². The van der Waals surface area contributed by atoms with Gasteiger partial charge in [-0.3, -0.25) is 19.2 Å². The zero-order valence-corrected chi connectivity index (χ0v) is 16.3. The molecule has 27 heavy (non-hydrogen) atoms.